The average molecular weight is 234 g/mol. The highest BCUT2D eigenvalue weighted by Gasteiger charge is 2.37. The first kappa shape index (κ1) is 12.9. The Balaban J connectivity index is 2.97. The van der Waals surface area contributed by atoms with Gasteiger partial charge in [0.25, 0.3) is 0 Å². The molecule has 2 unspecified atom stereocenters. The molecule has 0 aromatic carbocycles. The van der Waals surface area contributed by atoms with E-state index >= 15 is 0 Å². The summed E-state index contributed by atoms with van der Waals surface area (Å²) < 4.78 is 25.9. The molecular weight excluding hydrogens is 212 g/mol. The number of hydrogen-bond donors (Lipinski definition) is 1. The van der Waals surface area contributed by atoms with Crippen molar-refractivity contribution in [1.82, 2.24) is 4.31 Å². The molecule has 1 rings (SSSR count). The lowest BCUT2D eigenvalue weighted by Crippen LogP contribution is -2.53. The van der Waals surface area contributed by atoms with Gasteiger partial charge < -0.3 is 5.73 Å². The quantitative estimate of drug-likeness (QED) is 0.790. The molecule has 1 aliphatic heterocycles. The zero-order valence-corrected chi connectivity index (χ0v) is 10.6. The van der Waals surface area contributed by atoms with Crippen molar-refractivity contribution in [2.75, 3.05) is 6.54 Å². The molecule has 0 aromatic rings. The molecule has 1 aliphatic rings. The fourth-order valence-electron chi connectivity index (χ4n) is 2.19. The smallest absolute Gasteiger partial charge is 0.216 e. The van der Waals surface area contributed by atoms with E-state index in [0.29, 0.717) is 6.54 Å². The first-order valence-corrected chi connectivity index (χ1v) is 7.14. The molecule has 0 aromatic heterocycles. The summed E-state index contributed by atoms with van der Waals surface area (Å²) in [5, 5.41) is -0.355. The Morgan fingerprint density at radius 1 is 1.40 bits per heavy atom. The number of piperidine rings is 1. The van der Waals surface area contributed by atoms with Gasteiger partial charge in [-0.25, -0.2) is 8.42 Å². The minimum Gasteiger partial charge on any atom is -0.329 e. The van der Waals surface area contributed by atoms with Crippen LogP contribution in [0.3, 0.4) is 0 Å². The maximum Gasteiger partial charge on any atom is 0.216 e. The van der Waals surface area contributed by atoms with Crippen molar-refractivity contribution in [2.24, 2.45) is 5.73 Å². The molecule has 1 heterocycles. The van der Waals surface area contributed by atoms with Gasteiger partial charge in [0, 0.05) is 18.6 Å². The zero-order chi connectivity index (χ0) is 11.6. The Morgan fingerprint density at radius 2 is 2.00 bits per heavy atom. The van der Waals surface area contributed by atoms with Crippen molar-refractivity contribution in [3.63, 3.8) is 0 Å². The van der Waals surface area contributed by atoms with Gasteiger partial charge in [-0.1, -0.05) is 6.42 Å². The van der Waals surface area contributed by atoms with E-state index in [1.165, 1.54) is 0 Å². The Labute approximate surface area is 92.9 Å². The van der Waals surface area contributed by atoms with Crippen LogP contribution in [0.15, 0.2) is 0 Å². The van der Waals surface area contributed by atoms with E-state index in [9.17, 15) is 8.42 Å². The van der Waals surface area contributed by atoms with Gasteiger partial charge in [0.05, 0.1) is 5.25 Å². The topological polar surface area (TPSA) is 63.4 Å². The number of nitrogens with zero attached hydrogens (tertiary/aromatic N) is 1. The van der Waals surface area contributed by atoms with Crippen LogP contribution in [0.5, 0.6) is 0 Å². The molecule has 4 nitrogen and oxygen atoms in total. The summed E-state index contributed by atoms with van der Waals surface area (Å²) in [7, 11) is -3.16. The maximum absolute atomic E-state index is 12.1. The molecule has 0 spiro atoms. The minimum absolute atomic E-state index is 0.00106. The first-order chi connectivity index (χ1) is 6.91. The van der Waals surface area contributed by atoms with Crippen molar-refractivity contribution >= 4 is 10.0 Å². The molecule has 15 heavy (non-hydrogen) atoms. The molecule has 0 aliphatic carbocycles. The average Bonchev–Trinajstić information content (AvgIpc) is 2.16. The monoisotopic (exact) mass is 234 g/mol. The van der Waals surface area contributed by atoms with Gasteiger partial charge in [-0.2, -0.15) is 4.31 Å². The summed E-state index contributed by atoms with van der Waals surface area (Å²) in [6.07, 6.45) is 2.92. The number of nitrogens with two attached hydrogens (primary N) is 1. The van der Waals surface area contributed by atoms with Crippen LogP contribution in [-0.2, 0) is 10.0 Å². The second-order valence-electron chi connectivity index (χ2n) is 4.59. The molecule has 1 fully saturated rings. The lowest BCUT2D eigenvalue weighted by molar-refractivity contribution is 0.194. The van der Waals surface area contributed by atoms with E-state index < -0.39 is 10.0 Å². The van der Waals surface area contributed by atoms with Crippen LogP contribution in [0.2, 0.25) is 0 Å². The lowest BCUT2D eigenvalue weighted by Gasteiger charge is -2.40. The molecule has 0 amide bonds. The summed E-state index contributed by atoms with van der Waals surface area (Å²) >= 11 is 0. The lowest BCUT2D eigenvalue weighted by atomic mass is 10.00. The van der Waals surface area contributed by atoms with E-state index in [4.69, 9.17) is 5.73 Å². The van der Waals surface area contributed by atoms with Gasteiger partial charge in [0.1, 0.15) is 0 Å². The predicted molar refractivity (Wildman–Crippen MR) is 62.1 cm³/mol. The minimum atomic E-state index is -3.16. The van der Waals surface area contributed by atoms with E-state index in [1.54, 1.807) is 18.2 Å². The number of hydrogen-bond acceptors (Lipinski definition) is 3. The zero-order valence-electron chi connectivity index (χ0n) is 9.81. The van der Waals surface area contributed by atoms with Crippen LogP contribution in [0, 0.1) is 0 Å². The van der Waals surface area contributed by atoms with Crippen LogP contribution in [0.4, 0.5) is 0 Å². The number of sulfonamides is 1. The predicted octanol–water partition coefficient (Wildman–Crippen LogP) is 0.926. The third-order valence-electron chi connectivity index (χ3n) is 3.12. The third-order valence-corrected chi connectivity index (χ3v) is 5.55. The summed E-state index contributed by atoms with van der Waals surface area (Å²) in [4.78, 5) is 0. The van der Waals surface area contributed by atoms with Crippen LogP contribution in [-0.4, -0.2) is 36.6 Å². The summed E-state index contributed by atoms with van der Waals surface area (Å²) in [6.45, 7) is 5.85. The normalized spacial score (nSPS) is 29.7. The summed E-state index contributed by atoms with van der Waals surface area (Å²) in [6, 6.07) is 0.0980. The molecule has 1 saturated heterocycles. The summed E-state index contributed by atoms with van der Waals surface area (Å²) in [5.41, 5.74) is 5.65. The highest BCUT2D eigenvalue weighted by molar-refractivity contribution is 7.89. The highest BCUT2D eigenvalue weighted by atomic mass is 32.2. The Hall–Kier alpha value is -0.130. The van der Waals surface area contributed by atoms with E-state index in [1.807, 2.05) is 6.92 Å². The second kappa shape index (κ2) is 4.80. The van der Waals surface area contributed by atoms with Crippen molar-refractivity contribution in [3.8, 4) is 0 Å². The SMILES string of the molecule is CC1CCCC(CN)N1S(=O)(=O)C(C)C. The van der Waals surface area contributed by atoms with Crippen LogP contribution < -0.4 is 5.73 Å². The molecule has 5 heteroatoms. The van der Waals surface area contributed by atoms with Gasteiger partial charge >= 0.3 is 0 Å². The van der Waals surface area contributed by atoms with Gasteiger partial charge in [0.15, 0.2) is 0 Å². The largest absolute Gasteiger partial charge is 0.329 e. The van der Waals surface area contributed by atoms with E-state index in [-0.39, 0.29) is 17.3 Å². The molecule has 90 valence electrons. The Morgan fingerprint density at radius 3 is 2.47 bits per heavy atom. The first-order valence-electron chi connectivity index (χ1n) is 5.63. The van der Waals surface area contributed by atoms with Gasteiger partial charge in [0.2, 0.25) is 10.0 Å². The van der Waals surface area contributed by atoms with Crippen molar-refractivity contribution in [1.29, 1.82) is 0 Å². The number of rotatable bonds is 3. The molecule has 2 atom stereocenters. The fourth-order valence-corrected chi connectivity index (χ4v) is 3.89. The van der Waals surface area contributed by atoms with Crippen molar-refractivity contribution in [2.45, 2.75) is 57.4 Å². The van der Waals surface area contributed by atoms with Gasteiger partial charge in [-0.3, -0.25) is 0 Å². The van der Waals surface area contributed by atoms with Crippen molar-refractivity contribution < 1.29 is 8.42 Å². The molecule has 0 bridgehead atoms. The molecular formula is C10H22N2O2S. The molecule has 2 N–H and O–H groups in total. The summed E-state index contributed by atoms with van der Waals surface area (Å²) in [5.74, 6) is 0. The van der Waals surface area contributed by atoms with Crippen LogP contribution >= 0.6 is 0 Å². The Kier molecular flexibility index (Phi) is 4.14. The van der Waals surface area contributed by atoms with E-state index in [2.05, 4.69) is 0 Å². The molecule has 0 saturated carbocycles. The van der Waals surface area contributed by atoms with Gasteiger partial charge in [-0.05, 0) is 33.6 Å². The fraction of sp³-hybridized carbons (Fsp3) is 1.00. The van der Waals surface area contributed by atoms with E-state index in [0.717, 1.165) is 19.3 Å². The highest BCUT2D eigenvalue weighted by Crippen LogP contribution is 2.27. The maximum atomic E-state index is 12.1. The molecule has 0 radical (unpaired) electrons. The van der Waals surface area contributed by atoms with Crippen LogP contribution in [0.1, 0.15) is 40.0 Å². The third kappa shape index (κ3) is 2.52. The standard InChI is InChI=1S/C10H22N2O2S/c1-8(2)15(13,14)12-9(3)5-4-6-10(12)7-11/h8-10H,4-7,11H2,1-3H3. The van der Waals surface area contributed by atoms with Gasteiger partial charge in [-0.15, -0.1) is 0 Å². The second-order valence-corrected chi connectivity index (χ2v) is 6.99. The Bertz CT molecular complexity index is 301. The van der Waals surface area contributed by atoms with Crippen molar-refractivity contribution in [3.05, 3.63) is 0 Å². The van der Waals surface area contributed by atoms with Crippen LogP contribution in [0.25, 0.3) is 0 Å².